The first kappa shape index (κ1) is 16.8. The van der Waals surface area contributed by atoms with Crippen molar-refractivity contribution >= 4 is 5.91 Å². The number of nitrogens with zero attached hydrogens (tertiary/aromatic N) is 1. The Morgan fingerprint density at radius 3 is 3.04 bits per heavy atom. The highest BCUT2D eigenvalue weighted by atomic mass is 19.1. The number of methoxy groups -OCH3 is 1. The first-order chi connectivity index (χ1) is 12.6. The van der Waals surface area contributed by atoms with E-state index < -0.39 is 12.7 Å². The Balaban J connectivity index is 1.50. The number of ether oxygens (including phenoxy) is 2. The number of fused-ring (bicyclic) bond motifs is 3. The van der Waals surface area contributed by atoms with E-state index in [1.807, 2.05) is 0 Å². The Kier molecular flexibility index (Phi) is 4.22. The van der Waals surface area contributed by atoms with E-state index in [0.717, 1.165) is 0 Å². The van der Waals surface area contributed by atoms with E-state index in [9.17, 15) is 13.6 Å². The molecule has 2 aliphatic rings. The molecule has 0 bridgehead atoms. The van der Waals surface area contributed by atoms with Crippen molar-refractivity contribution in [2.75, 3.05) is 20.4 Å². The molecular formula is C19H18F2N2O3. The lowest BCUT2D eigenvalue weighted by molar-refractivity contribution is -0.123. The minimum atomic E-state index is -0.782. The van der Waals surface area contributed by atoms with Gasteiger partial charge in [-0.3, -0.25) is 4.79 Å². The van der Waals surface area contributed by atoms with Crippen molar-refractivity contribution in [1.82, 2.24) is 10.3 Å². The number of rotatable bonds is 5. The lowest BCUT2D eigenvalue weighted by atomic mass is 10.0. The average Bonchev–Trinajstić information content (AvgIpc) is 3.41. The Morgan fingerprint density at radius 2 is 2.27 bits per heavy atom. The van der Waals surface area contributed by atoms with E-state index >= 15 is 0 Å². The summed E-state index contributed by atoms with van der Waals surface area (Å²) in [6.07, 6.45) is 1.51. The zero-order valence-electron chi connectivity index (χ0n) is 14.1. The molecule has 26 heavy (non-hydrogen) atoms. The van der Waals surface area contributed by atoms with Crippen LogP contribution in [-0.4, -0.2) is 31.3 Å². The van der Waals surface area contributed by atoms with Gasteiger partial charge in [0.2, 0.25) is 11.8 Å². The summed E-state index contributed by atoms with van der Waals surface area (Å²) in [5.74, 6) is -0.0604. The Hall–Kier alpha value is -2.70. The number of aromatic nitrogens is 1. The number of alkyl halides is 1. The van der Waals surface area contributed by atoms with Crippen LogP contribution >= 0.6 is 0 Å². The third kappa shape index (κ3) is 2.87. The maximum absolute atomic E-state index is 13.5. The normalized spacial score (nSPS) is 23.9. The summed E-state index contributed by atoms with van der Waals surface area (Å²) in [5.41, 5.74) is 1.29. The van der Waals surface area contributed by atoms with Crippen molar-refractivity contribution in [3.05, 3.63) is 53.5 Å². The predicted molar refractivity (Wildman–Crippen MR) is 89.3 cm³/mol. The first-order valence-electron chi connectivity index (χ1n) is 8.41. The SMILES string of the molecule is COc1cc([C@H](CF)NC(=O)C2C3COc4ccc(F)cc4C32)ccn1. The molecule has 7 heteroatoms. The van der Waals surface area contributed by atoms with E-state index in [1.54, 1.807) is 18.2 Å². The van der Waals surface area contributed by atoms with Crippen LogP contribution in [0.15, 0.2) is 36.5 Å². The molecule has 0 spiro atoms. The van der Waals surface area contributed by atoms with Crippen molar-refractivity contribution in [2.45, 2.75) is 12.0 Å². The monoisotopic (exact) mass is 360 g/mol. The Morgan fingerprint density at radius 1 is 1.42 bits per heavy atom. The summed E-state index contributed by atoms with van der Waals surface area (Å²) >= 11 is 0. The van der Waals surface area contributed by atoms with Gasteiger partial charge in [0.15, 0.2) is 0 Å². The van der Waals surface area contributed by atoms with Crippen LogP contribution in [0.4, 0.5) is 8.78 Å². The van der Waals surface area contributed by atoms with Crippen LogP contribution in [0, 0.1) is 17.7 Å². The molecule has 3 unspecified atom stereocenters. The molecule has 1 aromatic carbocycles. The topological polar surface area (TPSA) is 60.5 Å². The van der Waals surface area contributed by atoms with E-state index in [2.05, 4.69) is 10.3 Å². The average molecular weight is 360 g/mol. The predicted octanol–water partition coefficient (Wildman–Crippen LogP) is 2.78. The molecule has 4 rings (SSSR count). The molecule has 2 aromatic rings. The standard InChI is InChI=1S/C19H18F2N2O3/c1-25-16-6-10(4-5-22-16)14(8-20)23-19(24)18-13-9-26-15-3-2-11(21)7-12(15)17(13)18/h2-7,13-14,17-18H,8-9H2,1H3,(H,23,24)/t13?,14-,17?,18?/m0/s1. The zero-order valence-corrected chi connectivity index (χ0v) is 14.1. The number of halogens is 2. The van der Waals surface area contributed by atoms with E-state index in [1.165, 1.54) is 25.4 Å². The quantitative estimate of drug-likeness (QED) is 0.891. The molecule has 0 radical (unpaired) electrons. The van der Waals surface area contributed by atoms with Gasteiger partial charge in [-0.2, -0.15) is 0 Å². The van der Waals surface area contributed by atoms with Crippen LogP contribution in [-0.2, 0) is 4.79 Å². The lowest BCUT2D eigenvalue weighted by Crippen LogP contribution is -2.32. The highest BCUT2D eigenvalue weighted by Crippen LogP contribution is 2.59. The smallest absolute Gasteiger partial charge is 0.224 e. The van der Waals surface area contributed by atoms with Crippen LogP contribution in [0.1, 0.15) is 23.1 Å². The number of pyridine rings is 1. The maximum Gasteiger partial charge on any atom is 0.224 e. The minimum Gasteiger partial charge on any atom is -0.493 e. The number of nitrogens with one attached hydrogen (secondary N) is 1. The number of hydrogen-bond donors (Lipinski definition) is 1. The summed E-state index contributed by atoms with van der Waals surface area (Å²) in [7, 11) is 1.47. The first-order valence-corrected chi connectivity index (χ1v) is 8.41. The summed E-state index contributed by atoms with van der Waals surface area (Å²) in [6.45, 7) is -0.340. The third-order valence-electron chi connectivity index (χ3n) is 5.07. The fourth-order valence-electron chi connectivity index (χ4n) is 3.69. The van der Waals surface area contributed by atoms with Crippen molar-refractivity contribution in [1.29, 1.82) is 0 Å². The second-order valence-corrected chi connectivity index (χ2v) is 6.56. The van der Waals surface area contributed by atoms with Gasteiger partial charge in [0, 0.05) is 29.7 Å². The molecule has 2 heterocycles. The number of benzene rings is 1. The van der Waals surface area contributed by atoms with Gasteiger partial charge < -0.3 is 14.8 Å². The zero-order chi connectivity index (χ0) is 18.3. The van der Waals surface area contributed by atoms with E-state index in [-0.39, 0.29) is 29.5 Å². The van der Waals surface area contributed by atoms with Gasteiger partial charge in [-0.05, 0) is 29.8 Å². The Labute approximate surface area is 149 Å². The summed E-state index contributed by atoms with van der Waals surface area (Å²) < 4.78 is 37.7. The minimum absolute atomic E-state index is 0.00321. The molecule has 5 nitrogen and oxygen atoms in total. The van der Waals surface area contributed by atoms with Gasteiger partial charge in [0.25, 0.3) is 0 Å². The van der Waals surface area contributed by atoms with Gasteiger partial charge in [-0.25, -0.2) is 13.8 Å². The molecule has 1 N–H and O–H groups in total. The number of carbonyl (C=O) groups is 1. The van der Waals surface area contributed by atoms with Gasteiger partial charge in [-0.15, -0.1) is 0 Å². The molecule has 1 saturated carbocycles. The van der Waals surface area contributed by atoms with Crippen molar-refractivity contribution in [2.24, 2.45) is 11.8 Å². The van der Waals surface area contributed by atoms with Crippen molar-refractivity contribution in [3.8, 4) is 11.6 Å². The molecule has 1 amide bonds. The summed E-state index contributed by atoms with van der Waals surface area (Å²) in [5, 5.41) is 2.75. The van der Waals surface area contributed by atoms with E-state index in [4.69, 9.17) is 9.47 Å². The van der Waals surface area contributed by atoms with Crippen LogP contribution in [0.25, 0.3) is 0 Å². The van der Waals surface area contributed by atoms with Gasteiger partial charge in [0.1, 0.15) is 18.2 Å². The van der Waals surface area contributed by atoms with E-state index in [0.29, 0.717) is 29.4 Å². The van der Waals surface area contributed by atoms with Gasteiger partial charge >= 0.3 is 0 Å². The highest BCUT2D eigenvalue weighted by molar-refractivity contribution is 5.84. The second-order valence-electron chi connectivity index (χ2n) is 6.56. The fraction of sp³-hybridized carbons (Fsp3) is 0.368. The van der Waals surface area contributed by atoms with Crippen LogP contribution in [0.3, 0.4) is 0 Å². The molecule has 1 aliphatic carbocycles. The Bertz CT molecular complexity index is 845. The number of hydrogen-bond acceptors (Lipinski definition) is 4. The van der Waals surface area contributed by atoms with Crippen LogP contribution in [0.5, 0.6) is 11.6 Å². The second kappa shape index (κ2) is 6.55. The maximum atomic E-state index is 13.5. The number of amides is 1. The fourth-order valence-corrected chi connectivity index (χ4v) is 3.69. The van der Waals surface area contributed by atoms with Gasteiger partial charge in [-0.1, -0.05) is 0 Å². The largest absolute Gasteiger partial charge is 0.493 e. The van der Waals surface area contributed by atoms with Crippen LogP contribution < -0.4 is 14.8 Å². The molecule has 4 atom stereocenters. The molecule has 0 saturated heterocycles. The molecule has 1 aliphatic heterocycles. The third-order valence-corrected chi connectivity index (χ3v) is 5.07. The molecule has 136 valence electrons. The van der Waals surface area contributed by atoms with Crippen molar-refractivity contribution in [3.63, 3.8) is 0 Å². The summed E-state index contributed by atoms with van der Waals surface area (Å²) in [6, 6.07) is 6.79. The molecular weight excluding hydrogens is 342 g/mol. The van der Waals surface area contributed by atoms with Crippen LogP contribution in [0.2, 0.25) is 0 Å². The molecule has 1 aromatic heterocycles. The summed E-state index contributed by atoms with van der Waals surface area (Å²) in [4.78, 5) is 16.7. The highest BCUT2D eigenvalue weighted by Gasteiger charge is 2.58. The van der Waals surface area contributed by atoms with Gasteiger partial charge in [0.05, 0.1) is 25.7 Å². The molecule has 1 fully saturated rings. The number of carbonyl (C=O) groups excluding carboxylic acids is 1. The van der Waals surface area contributed by atoms with Crippen molar-refractivity contribution < 1.29 is 23.0 Å². The lowest BCUT2D eigenvalue weighted by Gasteiger charge is -2.16.